The molecule has 0 radical (unpaired) electrons. The second kappa shape index (κ2) is 5.92. The Labute approximate surface area is 121 Å². The van der Waals surface area contributed by atoms with Gasteiger partial charge in [-0.2, -0.15) is 0 Å². The predicted molar refractivity (Wildman–Crippen MR) is 77.2 cm³/mol. The Morgan fingerprint density at radius 3 is 2.60 bits per heavy atom. The van der Waals surface area contributed by atoms with Crippen LogP contribution in [0.5, 0.6) is 0 Å². The van der Waals surface area contributed by atoms with E-state index in [0.29, 0.717) is 16.9 Å². The molecule has 0 fully saturated rings. The van der Waals surface area contributed by atoms with Gasteiger partial charge in [0.2, 0.25) is 0 Å². The molecular formula is C15H13ClFNO2. The number of carboxylic acids is 1. The van der Waals surface area contributed by atoms with E-state index in [4.69, 9.17) is 16.7 Å². The van der Waals surface area contributed by atoms with Gasteiger partial charge in [0.1, 0.15) is 5.82 Å². The summed E-state index contributed by atoms with van der Waals surface area (Å²) in [5.74, 6) is -1.99. The predicted octanol–water partition coefficient (Wildman–Crippen LogP) is 4.41. The second-order valence-corrected chi connectivity index (χ2v) is 4.80. The third kappa shape index (κ3) is 3.08. The van der Waals surface area contributed by atoms with Crippen molar-refractivity contribution in [1.82, 2.24) is 0 Å². The van der Waals surface area contributed by atoms with Crippen molar-refractivity contribution in [2.24, 2.45) is 0 Å². The summed E-state index contributed by atoms with van der Waals surface area (Å²) < 4.78 is 13.0. The Morgan fingerprint density at radius 1 is 1.25 bits per heavy atom. The van der Waals surface area contributed by atoms with Crippen LogP contribution >= 0.6 is 11.6 Å². The van der Waals surface area contributed by atoms with Gasteiger partial charge in [0.25, 0.3) is 0 Å². The number of aliphatic carboxylic acids is 1. The van der Waals surface area contributed by atoms with Gasteiger partial charge in [-0.15, -0.1) is 0 Å². The Kier molecular flexibility index (Phi) is 4.25. The van der Waals surface area contributed by atoms with Crippen molar-refractivity contribution < 1.29 is 14.3 Å². The summed E-state index contributed by atoms with van der Waals surface area (Å²) >= 11 is 5.96. The minimum atomic E-state index is -0.913. The fourth-order valence-electron chi connectivity index (χ4n) is 1.86. The third-order valence-corrected chi connectivity index (χ3v) is 3.31. The summed E-state index contributed by atoms with van der Waals surface area (Å²) in [5.41, 5.74) is 1.80. The van der Waals surface area contributed by atoms with E-state index < -0.39 is 17.7 Å². The zero-order valence-electron chi connectivity index (χ0n) is 10.7. The molecule has 0 heterocycles. The number of anilines is 2. The van der Waals surface area contributed by atoms with E-state index in [2.05, 4.69) is 5.32 Å². The van der Waals surface area contributed by atoms with Crippen LogP contribution in [0.2, 0.25) is 5.02 Å². The van der Waals surface area contributed by atoms with Gasteiger partial charge in [-0.25, -0.2) is 4.39 Å². The summed E-state index contributed by atoms with van der Waals surface area (Å²) in [4.78, 5) is 11.1. The first-order chi connectivity index (χ1) is 9.49. The number of hydrogen-bond donors (Lipinski definition) is 2. The lowest BCUT2D eigenvalue weighted by atomic mass is 9.99. The summed E-state index contributed by atoms with van der Waals surface area (Å²) in [7, 11) is 0. The molecule has 2 aromatic carbocycles. The number of rotatable bonds is 4. The third-order valence-electron chi connectivity index (χ3n) is 3.00. The molecule has 20 heavy (non-hydrogen) atoms. The standard InChI is InChI=1S/C15H13ClFNO2/c1-9(15(19)20)11-4-2-3-5-13(11)18-14-7-6-10(17)8-12(14)16/h2-9,18H,1H3,(H,19,20). The summed E-state index contributed by atoms with van der Waals surface area (Å²) in [5, 5.41) is 12.4. The van der Waals surface area contributed by atoms with E-state index in [0.717, 1.165) is 0 Å². The number of nitrogens with one attached hydrogen (secondary N) is 1. The number of carbonyl (C=O) groups is 1. The first kappa shape index (κ1) is 14.3. The molecule has 5 heteroatoms. The summed E-state index contributed by atoms with van der Waals surface area (Å²) in [6.07, 6.45) is 0. The Morgan fingerprint density at radius 2 is 1.95 bits per heavy atom. The number of carboxylic acid groups (broad SMARTS) is 1. The van der Waals surface area contributed by atoms with Crippen LogP contribution in [0, 0.1) is 5.82 Å². The van der Waals surface area contributed by atoms with Gasteiger partial charge in [0.05, 0.1) is 16.6 Å². The highest BCUT2D eigenvalue weighted by molar-refractivity contribution is 6.33. The highest BCUT2D eigenvalue weighted by Gasteiger charge is 2.17. The summed E-state index contributed by atoms with van der Waals surface area (Å²) in [6.45, 7) is 1.61. The van der Waals surface area contributed by atoms with Gasteiger partial charge in [0, 0.05) is 5.69 Å². The van der Waals surface area contributed by atoms with Crippen molar-refractivity contribution in [2.45, 2.75) is 12.8 Å². The largest absolute Gasteiger partial charge is 0.481 e. The van der Waals surface area contributed by atoms with Gasteiger partial charge < -0.3 is 10.4 Å². The van der Waals surface area contributed by atoms with E-state index in [9.17, 15) is 9.18 Å². The van der Waals surface area contributed by atoms with E-state index in [-0.39, 0.29) is 5.02 Å². The quantitative estimate of drug-likeness (QED) is 0.878. The van der Waals surface area contributed by atoms with Gasteiger partial charge in [-0.3, -0.25) is 4.79 Å². The van der Waals surface area contributed by atoms with E-state index in [1.54, 1.807) is 31.2 Å². The van der Waals surface area contributed by atoms with Crippen molar-refractivity contribution in [3.05, 3.63) is 58.9 Å². The van der Waals surface area contributed by atoms with Crippen molar-refractivity contribution in [1.29, 1.82) is 0 Å². The average Bonchev–Trinajstić information content (AvgIpc) is 2.41. The SMILES string of the molecule is CC(C(=O)O)c1ccccc1Nc1ccc(F)cc1Cl. The lowest BCUT2D eigenvalue weighted by Crippen LogP contribution is -2.09. The zero-order chi connectivity index (χ0) is 14.7. The molecule has 0 spiro atoms. The van der Waals surface area contributed by atoms with E-state index in [1.807, 2.05) is 0 Å². The Bertz CT molecular complexity index is 646. The molecule has 1 unspecified atom stereocenters. The smallest absolute Gasteiger partial charge is 0.310 e. The molecule has 2 rings (SSSR count). The average molecular weight is 294 g/mol. The highest BCUT2D eigenvalue weighted by atomic mass is 35.5. The minimum absolute atomic E-state index is 0.239. The number of benzene rings is 2. The molecule has 0 bridgehead atoms. The fraction of sp³-hybridized carbons (Fsp3) is 0.133. The van der Waals surface area contributed by atoms with Crippen LogP contribution in [0.15, 0.2) is 42.5 Å². The van der Waals surface area contributed by atoms with Gasteiger partial charge in [-0.05, 0) is 36.8 Å². The molecule has 0 aliphatic carbocycles. The fourth-order valence-corrected chi connectivity index (χ4v) is 2.07. The van der Waals surface area contributed by atoms with E-state index >= 15 is 0 Å². The maximum Gasteiger partial charge on any atom is 0.310 e. The molecule has 104 valence electrons. The number of hydrogen-bond acceptors (Lipinski definition) is 2. The Hall–Kier alpha value is -2.07. The van der Waals surface area contributed by atoms with Gasteiger partial charge >= 0.3 is 5.97 Å². The van der Waals surface area contributed by atoms with Crippen LogP contribution in [0.25, 0.3) is 0 Å². The van der Waals surface area contributed by atoms with Crippen molar-refractivity contribution >= 4 is 28.9 Å². The van der Waals surface area contributed by atoms with Crippen molar-refractivity contribution in [3.8, 4) is 0 Å². The van der Waals surface area contributed by atoms with Crippen LogP contribution in [0.4, 0.5) is 15.8 Å². The Balaban J connectivity index is 2.36. The monoisotopic (exact) mass is 293 g/mol. The van der Waals surface area contributed by atoms with Crippen LogP contribution in [-0.2, 0) is 4.79 Å². The highest BCUT2D eigenvalue weighted by Crippen LogP contribution is 2.31. The summed E-state index contributed by atoms with van der Waals surface area (Å²) in [6, 6.07) is 11.1. The lowest BCUT2D eigenvalue weighted by Gasteiger charge is -2.15. The molecule has 0 aromatic heterocycles. The molecule has 0 amide bonds. The van der Waals surface area contributed by atoms with Gasteiger partial charge in [-0.1, -0.05) is 29.8 Å². The topological polar surface area (TPSA) is 49.3 Å². The van der Waals surface area contributed by atoms with Crippen LogP contribution in [0.1, 0.15) is 18.4 Å². The van der Waals surface area contributed by atoms with E-state index in [1.165, 1.54) is 18.2 Å². The van der Waals surface area contributed by atoms with Crippen molar-refractivity contribution in [3.63, 3.8) is 0 Å². The van der Waals surface area contributed by atoms with Crippen LogP contribution in [-0.4, -0.2) is 11.1 Å². The second-order valence-electron chi connectivity index (χ2n) is 4.40. The molecule has 1 atom stereocenters. The molecule has 0 saturated heterocycles. The van der Waals surface area contributed by atoms with Gasteiger partial charge in [0.15, 0.2) is 0 Å². The molecular weight excluding hydrogens is 281 g/mol. The normalized spacial score (nSPS) is 11.9. The molecule has 2 N–H and O–H groups in total. The molecule has 0 saturated carbocycles. The maximum absolute atomic E-state index is 13.0. The lowest BCUT2D eigenvalue weighted by molar-refractivity contribution is -0.138. The maximum atomic E-state index is 13.0. The first-order valence-electron chi connectivity index (χ1n) is 6.03. The molecule has 0 aliphatic heterocycles. The molecule has 0 aliphatic rings. The van der Waals surface area contributed by atoms with Crippen LogP contribution < -0.4 is 5.32 Å². The van der Waals surface area contributed by atoms with Crippen molar-refractivity contribution in [2.75, 3.05) is 5.32 Å². The number of para-hydroxylation sites is 1. The molecule has 2 aromatic rings. The zero-order valence-corrected chi connectivity index (χ0v) is 11.5. The molecule has 3 nitrogen and oxygen atoms in total. The van der Waals surface area contributed by atoms with Crippen LogP contribution in [0.3, 0.4) is 0 Å². The first-order valence-corrected chi connectivity index (χ1v) is 6.40. The number of halogens is 2. The minimum Gasteiger partial charge on any atom is -0.481 e.